The molecule has 7 aliphatic carbocycles. The van der Waals surface area contributed by atoms with Gasteiger partial charge in [-0.25, -0.2) is 0 Å². The summed E-state index contributed by atoms with van der Waals surface area (Å²) in [5.74, 6) is 5.41. The second-order valence-electron chi connectivity index (χ2n) is 19.6. The fraction of sp³-hybridized carbons (Fsp3) is 0.370. The summed E-state index contributed by atoms with van der Waals surface area (Å²) < 4.78 is 0. The second kappa shape index (κ2) is 11.9. The number of rotatable bonds is 6. The lowest BCUT2D eigenvalue weighted by molar-refractivity contribution is -0.00518. The van der Waals surface area contributed by atoms with Crippen LogP contribution in [0.4, 0.5) is 17.1 Å². The van der Waals surface area contributed by atoms with Crippen molar-refractivity contribution in [2.75, 3.05) is 4.90 Å². The predicted octanol–water partition coefficient (Wildman–Crippen LogP) is 14.7. The zero-order valence-electron chi connectivity index (χ0n) is 32.6. The molecule has 0 aromatic heterocycles. The Hall–Kier alpha value is -4.62. The molecule has 0 radical (unpaired) electrons. The van der Waals surface area contributed by atoms with Crippen LogP contribution in [0.3, 0.4) is 0 Å². The number of nitrogens with zero attached hydrogens (tertiary/aromatic N) is 1. The maximum atomic E-state index is 2.58. The first-order valence-electron chi connectivity index (χ1n) is 21.7. The molecule has 6 aromatic carbocycles. The molecule has 6 fully saturated rings. The van der Waals surface area contributed by atoms with Crippen LogP contribution in [-0.4, -0.2) is 0 Å². The molecule has 0 aliphatic heterocycles. The van der Waals surface area contributed by atoms with E-state index >= 15 is 0 Å². The minimum atomic E-state index is -0.118. The standard InChI is InChI=1S/C54H53N/c1-53(2)50-10-6-5-9-47(50)52-49(42-14-13-38-7-3-4-8-40(38)28-42)29-46(30-51(52)53)55(44-19-15-39(16-20-44)48-27-34-11-12-41(48)26-34)45-21-17-43(18-22-45)54-31-35-23-36(32-54)25-37(24-35)33-54/h3-10,13-22,28-30,34-37,41,48H,11-12,23-27,31-33H2,1-2H3. The summed E-state index contributed by atoms with van der Waals surface area (Å²) in [6, 6.07) is 49.9. The van der Waals surface area contributed by atoms with Crippen molar-refractivity contribution >= 4 is 27.8 Å². The highest BCUT2D eigenvalue weighted by Gasteiger charge is 2.51. The average Bonchev–Trinajstić information content (AvgIpc) is 3.91. The fourth-order valence-corrected chi connectivity index (χ4v) is 13.9. The third-order valence-electron chi connectivity index (χ3n) is 16.1. The van der Waals surface area contributed by atoms with Crippen molar-refractivity contribution in [2.24, 2.45) is 29.6 Å². The molecule has 274 valence electrons. The number of anilines is 3. The van der Waals surface area contributed by atoms with Crippen molar-refractivity contribution in [3.63, 3.8) is 0 Å². The van der Waals surface area contributed by atoms with Crippen molar-refractivity contribution < 1.29 is 0 Å². The van der Waals surface area contributed by atoms with Gasteiger partial charge in [0.15, 0.2) is 0 Å². The van der Waals surface area contributed by atoms with Gasteiger partial charge >= 0.3 is 0 Å². The van der Waals surface area contributed by atoms with Crippen molar-refractivity contribution in [2.45, 2.75) is 94.8 Å². The molecule has 3 unspecified atom stereocenters. The third kappa shape index (κ3) is 5.03. The van der Waals surface area contributed by atoms with Gasteiger partial charge in [0, 0.05) is 22.5 Å². The van der Waals surface area contributed by atoms with Crippen molar-refractivity contribution in [1.82, 2.24) is 0 Å². The minimum absolute atomic E-state index is 0.118. The lowest BCUT2D eigenvalue weighted by Gasteiger charge is -2.57. The highest BCUT2D eigenvalue weighted by molar-refractivity contribution is 5.98. The third-order valence-corrected chi connectivity index (χ3v) is 16.1. The Bertz CT molecular complexity index is 2430. The second-order valence-corrected chi connectivity index (χ2v) is 19.6. The molecule has 0 heterocycles. The Labute approximate surface area is 327 Å². The molecule has 6 aromatic rings. The first-order chi connectivity index (χ1) is 26.9. The van der Waals surface area contributed by atoms with Crippen LogP contribution in [0.15, 0.2) is 127 Å². The lowest BCUT2D eigenvalue weighted by atomic mass is 9.48. The molecule has 0 amide bonds. The van der Waals surface area contributed by atoms with E-state index in [1.807, 2.05) is 0 Å². The van der Waals surface area contributed by atoms with E-state index in [1.165, 1.54) is 125 Å². The van der Waals surface area contributed by atoms with Crippen LogP contribution in [0.2, 0.25) is 0 Å². The molecule has 55 heavy (non-hydrogen) atoms. The van der Waals surface area contributed by atoms with Crippen molar-refractivity contribution in [3.8, 4) is 22.3 Å². The SMILES string of the molecule is CC1(C)c2ccccc2-c2c(-c3ccc4ccccc4c3)cc(N(c3ccc(C4CC5CCC4C5)cc3)c3ccc(C45CC6CC(CC(C6)C4)C5)cc3)cc21. The van der Waals surface area contributed by atoms with Gasteiger partial charge in [0.25, 0.3) is 0 Å². The Kier molecular flexibility index (Phi) is 7.08. The van der Waals surface area contributed by atoms with E-state index in [0.29, 0.717) is 5.41 Å². The maximum absolute atomic E-state index is 2.58. The molecule has 3 atom stereocenters. The van der Waals surface area contributed by atoms with E-state index in [4.69, 9.17) is 0 Å². The van der Waals surface area contributed by atoms with E-state index < -0.39 is 0 Å². The first kappa shape index (κ1) is 32.6. The monoisotopic (exact) mass is 715 g/mol. The van der Waals surface area contributed by atoms with E-state index in [0.717, 1.165) is 35.5 Å². The Morgan fingerprint density at radius 2 is 1.18 bits per heavy atom. The van der Waals surface area contributed by atoms with Gasteiger partial charge in [-0.05, 0) is 196 Å². The molecule has 0 spiro atoms. The van der Waals surface area contributed by atoms with Crippen LogP contribution in [0.1, 0.15) is 106 Å². The minimum Gasteiger partial charge on any atom is -0.310 e. The lowest BCUT2D eigenvalue weighted by Crippen LogP contribution is -2.48. The van der Waals surface area contributed by atoms with E-state index in [2.05, 4.69) is 146 Å². The Morgan fingerprint density at radius 1 is 0.509 bits per heavy atom. The smallest absolute Gasteiger partial charge is 0.0471 e. The van der Waals surface area contributed by atoms with Crippen molar-refractivity contribution in [3.05, 3.63) is 150 Å². The molecular weight excluding hydrogens is 663 g/mol. The summed E-state index contributed by atoms with van der Waals surface area (Å²) in [6.45, 7) is 4.86. The van der Waals surface area contributed by atoms with Crippen molar-refractivity contribution in [1.29, 1.82) is 0 Å². The fourth-order valence-electron chi connectivity index (χ4n) is 13.9. The highest BCUT2D eigenvalue weighted by atomic mass is 15.1. The molecule has 1 nitrogen and oxygen atoms in total. The molecule has 0 saturated heterocycles. The molecule has 0 N–H and O–H groups in total. The summed E-state index contributed by atoms with van der Waals surface area (Å²) in [7, 11) is 0. The Balaban J connectivity index is 1.02. The summed E-state index contributed by atoms with van der Waals surface area (Å²) in [5.41, 5.74) is 15.4. The summed E-state index contributed by atoms with van der Waals surface area (Å²) >= 11 is 0. The number of hydrogen-bond acceptors (Lipinski definition) is 1. The largest absolute Gasteiger partial charge is 0.310 e. The normalized spacial score (nSPS) is 29.1. The first-order valence-corrected chi connectivity index (χ1v) is 21.7. The highest BCUT2D eigenvalue weighted by Crippen LogP contribution is 2.61. The van der Waals surface area contributed by atoms with Gasteiger partial charge in [-0.3, -0.25) is 0 Å². The average molecular weight is 716 g/mol. The van der Waals surface area contributed by atoms with Crippen LogP contribution in [0, 0.1) is 29.6 Å². The molecule has 1 heteroatoms. The quantitative estimate of drug-likeness (QED) is 0.166. The molecule has 7 aliphatic rings. The van der Waals surface area contributed by atoms with E-state index in [1.54, 1.807) is 11.1 Å². The number of hydrogen-bond donors (Lipinski definition) is 0. The van der Waals surface area contributed by atoms with Crippen LogP contribution in [0.25, 0.3) is 33.0 Å². The summed E-state index contributed by atoms with van der Waals surface area (Å²) in [5, 5.41) is 2.58. The molecule has 6 saturated carbocycles. The Morgan fingerprint density at radius 3 is 1.87 bits per heavy atom. The molecule has 13 rings (SSSR count). The molecule has 6 bridgehead atoms. The van der Waals surface area contributed by atoms with Crippen LogP contribution in [-0.2, 0) is 10.8 Å². The van der Waals surface area contributed by atoms with Gasteiger partial charge < -0.3 is 4.90 Å². The number of fused-ring (bicyclic) bond motifs is 6. The zero-order chi connectivity index (χ0) is 36.5. The van der Waals surface area contributed by atoms with E-state index in [9.17, 15) is 0 Å². The maximum Gasteiger partial charge on any atom is 0.0471 e. The number of benzene rings is 6. The van der Waals surface area contributed by atoms with Gasteiger partial charge in [0.05, 0.1) is 0 Å². The predicted molar refractivity (Wildman–Crippen MR) is 230 cm³/mol. The zero-order valence-corrected chi connectivity index (χ0v) is 32.6. The van der Waals surface area contributed by atoms with Gasteiger partial charge in [-0.2, -0.15) is 0 Å². The summed E-state index contributed by atoms with van der Waals surface area (Å²) in [4.78, 5) is 2.58. The summed E-state index contributed by atoms with van der Waals surface area (Å²) in [6.07, 6.45) is 14.4. The van der Waals surface area contributed by atoms with Gasteiger partial charge in [0.1, 0.15) is 0 Å². The van der Waals surface area contributed by atoms with Gasteiger partial charge in [0.2, 0.25) is 0 Å². The van der Waals surface area contributed by atoms with E-state index in [-0.39, 0.29) is 5.41 Å². The van der Waals surface area contributed by atoms with Gasteiger partial charge in [-0.15, -0.1) is 0 Å². The van der Waals surface area contributed by atoms with Crippen LogP contribution >= 0.6 is 0 Å². The van der Waals surface area contributed by atoms with Gasteiger partial charge in [-0.1, -0.05) is 105 Å². The topological polar surface area (TPSA) is 3.24 Å². The van der Waals surface area contributed by atoms with Crippen LogP contribution < -0.4 is 4.90 Å². The van der Waals surface area contributed by atoms with Crippen LogP contribution in [0.5, 0.6) is 0 Å². The molecular formula is C54H53N.